The number of carbonyl (C=O) groups excluding carboxylic acids is 1. The molecule has 0 aliphatic carbocycles. The monoisotopic (exact) mass is 395 g/mol. The minimum atomic E-state index is -0.109. The smallest absolute Gasteiger partial charge is 0.235 e. The summed E-state index contributed by atoms with van der Waals surface area (Å²) in [4.78, 5) is 14.3. The van der Waals surface area contributed by atoms with Crippen molar-refractivity contribution in [3.63, 3.8) is 0 Å². The highest BCUT2D eigenvalue weighted by atomic mass is 32.2. The second kappa shape index (κ2) is 9.57. The van der Waals surface area contributed by atoms with Gasteiger partial charge in [0.05, 0.1) is 5.25 Å². The Morgan fingerprint density at radius 2 is 2.04 bits per heavy atom. The number of hydrogen-bond donors (Lipinski definition) is 1. The van der Waals surface area contributed by atoms with Crippen LogP contribution >= 0.6 is 11.8 Å². The van der Waals surface area contributed by atoms with Gasteiger partial charge in [-0.3, -0.25) is 4.79 Å². The van der Waals surface area contributed by atoms with Crippen LogP contribution in [0.5, 0.6) is 17.2 Å². The number of phenols is 1. The summed E-state index contributed by atoms with van der Waals surface area (Å²) in [5, 5.41) is 10.6. The molecule has 1 unspecified atom stereocenters. The van der Waals surface area contributed by atoms with Gasteiger partial charge >= 0.3 is 0 Å². The molecule has 1 aliphatic rings. The van der Waals surface area contributed by atoms with E-state index >= 15 is 0 Å². The van der Waals surface area contributed by atoms with Crippen LogP contribution in [0.3, 0.4) is 0 Å². The molecule has 1 amide bonds. The van der Waals surface area contributed by atoms with Gasteiger partial charge in [0.15, 0.2) is 11.5 Å². The molecule has 0 bridgehead atoms. The first-order valence-electron chi connectivity index (χ1n) is 9.48. The number of para-hydroxylation sites is 1. The lowest BCUT2D eigenvalue weighted by Gasteiger charge is -2.29. The van der Waals surface area contributed by atoms with Gasteiger partial charge in [0.25, 0.3) is 0 Å². The summed E-state index contributed by atoms with van der Waals surface area (Å²) in [7, 11) is 1.85. The fourth-order valence-electron chi connectivity index (χ4n) is 3.08. The van der Waals surface area contributed by atoms with E-state index in [9.17, 15) is 9.90 Å². The zero-order valence-corrected chi connectivity index (χ0v) is 17.1. The molecule has 0 spiro atoms. The molecule has 2 aromatic rings. The third-order valence-electron chi connectivity index (χ3n) is 4.58. The van der Waals surface area contributed by atoms with E-state index in [2.05, 4.69) is 11.8 Å². The minimum Gasteiger partial charge on any atom is -0.504 e. The van der Waals surface area contributed by atoms with E-state index in [4.69, 9.17) is 4.74 Å². The van der Waals surface area contributed by atoms with Crippen LogP contribution in [0.15, 0.2) is 42.5 Å². The second-order valence-corrected chi connectivity index (χ2v) is 8.03. The van der Waals surface area contributed by atoms with Crippen LogP contribution in [0.25, 0.3) is 0 Å². The van der Waals surface area contributed by atoms with Crippen molar-refractivity contribution in [2.75, 3.05) is 19.3 Å². The standard InChI is InChI=1S/C23H25NO3S/c1-3-4-6-9-18-14-17(16-21-23(26)24(2)12-13-28-21)15-20(22(18)25)27-19-10-7-5-8-11-19/h5,7-8,10-11,14-15,21,25H,3,9,12-13,16H2,1-2H3. The molecule has 0 saturated carbocycles. The van der Waals surface area contributed by atoms with Gasteiger partial charge in [0.2, 0.25) is 5.91 Å². The lowest BCUT2D eigenvalue weighted by atomic mass is 10.0. The van der Waals surface area contributed by atoms with Crippen molar-refractivity contribution in [3.05, 3.63) is 53.6 Å². The number of amides is 1. The second-order valence-electron chi connectivity index (χ2n) is 6.72. The molecule has 1 aliphatic heterocycles. The van der Waals surface area contributed by atoms with E-state index in [1.165, 1.54) is 0 Å². The molecule has 1 saturated heterocycles. The van der Waals surface area contributed by atoms with Gasteiger partial charge in [-0.2, -0.15) is 0 Å². The van der Waals surface area contributed by atoms with Gasteiger partial charge in [0.1, 0.15) is 5.75 Å². The molecule has 5 heteroatoms. The van der Waals surface area contributed by atoms with E-state index in [-0.39, 0.29) is 16.9 Å². The van der Waals surface area contributed by atoms with Crippen LogP contribution in [0, 0.1) is 11.8 Å². The minimum absolute atomic E-state index is 0.109. The quantitative estimate of drug-likeness (QED) is 0.769. The van der Waals surface area contributed by atoms with Crippen LogP contribution < -0.4 is 4.74 Å². The third kappa shape index (κ3) is 5.02. The first-order valence-corrected chi connectivity index (χ1v) is 10.5. The number of thioether (sulfide) groups is 1. The lowest BCUT2D eigenvalue weighted by Crippen LogP contribution is -2.41. The predicted molar refractivity (Wildman–Crippen MR) is 114 cm³/mol. The van der Waals surface area contributed by atoms with Crippen molar-refractivity contribution >= 4 is 17.7 Å². The molecule has 0 aromatic heterocycles. The Morgan fingerprint density at radius 1 is 1.25 bits per heavy atom. The van der Waals surface area contributed by atoms with E-state index in [0.29, 0.717) is 24.3 Å². The Hall–Kier alpha value is -2.58. The van der Waals surface area contributed by atoms with Crippen molar-refractivity contribution in [2.45, 2.75) is 31.4 Å². The Kier molecular flexibility index (Phi) is 6.89. The van der Waals surface area contributed by atoms with Crippen molar-refractivity contribution in [1.82, 2.24) is 4.90 Å². The van der Waals surface area contributed by atoms with Crippen molar-refractivity contribution in [2.24, 2.45) is 0 Å². The molecule has 1 heterocycles. The van der Waals surface area contributed by atoms with Crippen LogP contribution in [0.1, 0.15) is 24.5 Å². The van der Waals surface area contributed by atoms with Gasteiger partial charge in [-0.1, -0.05) is 37.1 Å². The summed E-state index contributed by atoms with van der Waals surface area (Å²) in [5.41, 5.74) is 1.70. The normalized spacial score (nSPS) is 16.4. The first kappa shape index (κ1) is 20.2. The number of benzene rings is 2. The van der Waals surface area contributed by atoms with Crippen LogP contribution in [0.2, 0.25) is 0 Å². The predicted octanol–water partition coefficient (Wildman–Crippen LogP) is 4.26. The number of phenolic OH excluding ortho intramolecular Hbond substituents is 1. The van der Waals surface area contributed by atoms with E-state index in [1.807, 2.05) is 56.4 Å². The van der Waals surface area contributed by atoms with Gasteiger partial charge < -0.3 is 14.7 Å². The number of aromatic hydroxyl groups is 1. The van der Waals surface area contributed by atoms with E-state index in [1.54, 1.807) is 16.7 Å². The van der Waals surface area contributed by atoms with Gasteiger partial charge in [0, 0.05) is 37.8 Å². The van der Waals surface area contributed by atoms with Crippen LogP contribution in [-0.2, 0) is 17.6 Å². The Balaban J connectivity index is 1.90. The molecule has 1 atom stereocenters. The average Bonchev–Trinajstić information content (AvgIpc) is 2.70. The SMILES string of the molecule is CCC#CCc1cc(CC2SCCN(C)C2=O)cc(Oc2ccccc2)c1O. The summed E-state index contributed by atoms with van der Waals surface area (Å²) < 4.78 is 5.93. The zero-order chi connectivity index (χ0) is 19.9. The number of rotatable bonds is 5. The number of carbonyl (C=O) groups is 1. The Morgan fingerprint density at radius 3 is 2.79 bits per heavy atom. The molecule has 3 rings (SSSR count). The average molecular weight is 396 g/mol. The summed E-state index contributed by atoms with van der Waals surface area (Å²) >= 11 is 1.69. The Bertz CT molecular complexity index is 886. The largest absolute Gasteiger partial charge is 0.504 e. The summed E-state index contributed by atoms with van der Waals surface area (Å²) in [6.07, 6.45) is 1.82. The molecule has 0 radical (unpaired) electrons. The Labute approximate surface area is 170 Å². The summed E-state index contributed by atoms with van der Waals surface area (Å²) in [6, 6.07) is 13.2. The highest BCUT2D eigenvalue weighted by molar-refractivity contribution is 8.00. The van der Waals surface area contributed by atoms with Crippen LogP contribution in [0.4, 0.5) is 0 Å². The fraction of sp³-hybridized carbons (Fsp3) is 0.348. The highest BCUT2D eigenvalue weighted by Crippen LogP contribution is 2.36. The summed E-state index contributed by atoms with van der Waals surface area (Å²) in [6.45, 7) is 2.78. The molecular weight excluding hydrogens is 370 g/mol. The van der Waals surface area contributed by atoms with Crippen molar-refractivity contribution in [3.8, 4) is 29.1 Å². The van der Waals surface area contributed by atoms with Crippen molar-refractivity contribution < 1.29 is 14.6 Å². The highest BCUT2D eigenvalue weighted by Gasteiger charge is 2.27. The topological polar surface area (TPSA) is 49.8 Å². The third-order valence-corrected chi connectivity index (χ3v) is 5.77. The fourth-order valence-corrected chi connectivity index (χ4v) is 4.37. The molecule has 146 valence electrons. The van der Waals surface area contributed by atoms with E-state index in [0.717, 1.165) is 29.8 Å². The molecule has 1 N–H and O–H groups in total. The van der Waals surface area contributed by atoms with Crippen LogP contribution in [-0.4, -0.2) is 40.5 Å². The van der Waals surface area contributed by atoms with E-state index < -0.39 is 0 Å². The number of hydrogen-bond acceptors (Lipinski definition) is 4. The molecule has 28 heavy (non-hydrogen) atoms. The zero-order valence-electron chi connectivity index (χ0n) is 16.3. The molecular formula is C23H25NO3S. The first-order chi connectivity index (χ1) is 13.6. The number of ether oxygens (including phenoxy) is 1. The number of nitrogens with zero attached hydrogens (tertiary/aromatic N) is 1. The molecule has 4 nitrogen and oxygen atoms in total. The molecule has 1 fully saturated rings. The van der Waals surface area contributed by atoms with Crippen molar-refractivity contribution in [1.29, 1.82) is 0 Å². The van der Waals surface area contributed by atoms with Gasteiger partial charge in [-0.15, -0.1) is 17.7 Å². The van der Waals surface area contributed by atoms with Gasteiger partial charge in [-0.25, -0.2) is 0 Å². The molecule has 2 aromatic carbocycles. The lowest BCUT2D eigenvalue weighted by molar-refractivity contribution is -0.129. The maximum atomic E-state index is 12.5. The maximum Gasteiger partial charge on any atom is 0.235 e. The summed E-state index contributed by atoms with van der Waals surface area (Å²) in [5.74, 6) is 8.38. The maximum absolute atomic E-state index is 12.5. The van der Waals surface area contributed by atoms with Gasteiger partial charge in [-0.05, 0) is 30.2 Å².